The second-order valence-electron chi connectivity index (χ2n) is 4.75. The lowest BCUT2D eigenvalue weighted by atomic mass is 9.95. The number of nitrogens with zero attached hydrogens (tertiary/aromatic N) is 1. The Morgan fingerprint density at radius 3 is 2.94 bits per heavy atom. The molecule has 86 valence electrons. The summed E-state index contributed by atoms with van der Waals surface area (Å²) >= 11 is 0. The molecule has 0 amide bonds. The average Bonchev–Trinajstić information content (AvgIpc) is 2.76. The number of aromatic nitrogens is 1. The molecule has 0 radical (unpaired) electrons. The molecular weight excluding hydrogens is 210 g/mol. The van der Waals surface area contributed by atoms with Gasteiger partial charge >= 0.3 is 0 Å². The highest BCUT2D eigenvalue weighted by Crippen LogP contribution is 2.27. The standard InChI is InChI=1S/C15H15NO/c17-15-7-3-4-12(15)10-11-8-9-16-14-6-2-1-5-13(11)14/h1-2,5-6,8-9,12H,3-4,7,10H2. The van der Waals surface area contributed by atoms with Gasteiger partial charge in [0.05, 0.1) is 5.52 Å². The van der Waals surface area contributed by atoms with Crippen molar-refractivity contribution in [3.8, 4) is 0 Å². The van der Waals surface area contributed by atoms with Crippen LogP contribution in [0.5, 0.6) is 0 Å². The lowest BCUT2D eigenvalue weighted by Gasteiger charge is -2.10. The van der Waals surface area contributed by atoms with Crippen LogP contribution in [0, 0.1) is 5.92 Å². The van der Waals surface area contributed by atoms with Crippen LogP contribution in [0.15, 0.2) is 36.5 Å². The van der Waals surface area contributed by atoms with Crippen molar-refractivity contribution in [3.63, 3.8) is 0 Å². The largest absolute Gasteiger partial charge is 0.299 e. The van der Waals surface area contributed by atoms with Crippen LogP contribution in [0.4, 0.5) is 0 Å². The van der Waals surface area contributed by atoms with E-state index in [0.717, 1.165) is 31.2 Å². The van der Waals surface area contributed by atoms with Crippen LogP contribution in [0.2, 0.25) is 0 Å². The van der Waals surface area contributed by atoms with E-state index in [1.165, 1.54) is 10.9 Å². The molecule has 1 unspecified atom stereocenters. The molecule has 1 aliphatic carbocycles. The molecule has 2 aromatic rings. The molecular formula is C15H15NO. The minimum atomic E-state index is 0.237. The van der Waals surface area contributed by atoms with Gasteiger partial charge in [-0.3, -0.25) is 9.78 Å². The number of benzene rings is 1. The van der Waals surface area contributed by atoms with Gasteiger partial charge in [0.25, 0.3) is 0 Å². The Labute approximate surface area is 101 Å². The third-order valence-electron chi connectivity index (χ3n) is 3.64. The number of hydrogen-bond acceptors (Lipinski definition) is 2. The molecule has 1 fully saturated rings. The number of fused-ring (bicyclic) bond motifs is 1. The van der Waals surface area contributed by atoms with Gasteiger partial charge in [-0.1, -0.05) is 18.2 Å². The van der Waals surface area contributed by atoms with Gasteiger partial charge in [-0.15, -0.1) is 0 Å². The van der Waals surface area contributed by atoms with E-state index in [1.807, 2.05) is 30.5 Å². The normalized spacial score (nSPS) is 20.0. The van der Waals surface area contributed by atoms with Gasteiger partial charge in [0.15, 0.2) is 0 Å². The number of hydrogen-bond donors (Lipinski definition) is 0. The fourth-order valence-electron chi connectivity index (χ4n) is 2.70. The van der Waals surface area contributed by atoms with Gasteiger partial charge in [-0.25, -0.2) is 0 Å². The minimum absolute atomic E-state index is 0.237. The molecule has 0 saturated heterocycles. The molecule has 1 aliphatic rings. The number of rotatable bonds is 2. The number of carbonyl (C=O) groups excluding carboxylic acids is 1. The van der Waals surface area contributed by atoms with Crippen molar-refractivity contribution in [2.24, 2.45) is 5.92 Å². The molecule has 0 N–H and O–H groups in total. The van der Waals surface area contributed by atoms with Gasteiger partial charge in [-0.05, 0) is 37.0 Å². The molecule has 1 saturated carbocycles. The summed E-state index contributed by atoms with van der Waals surface area (Å²) in [7, 11) is 0. The molecule has 1 atom stereocenters. The Kier molecular flexibility index (Phi) is 2.63. The Hall–Kier alpha value is -1.70. The van der Waals surface area contributed by atoms with Crippen LogP contribution in [0.1, 0.15) is 24.8 Å². The van der Waals surface area contributed by atoms with Crippen molar-refractivity contribution in [1.82, 2.24) is 4.98 Å². The number of para-hydroxylation sites is 1. The van der Waals surface area contributed by atoms with Crippen molar-refractivity contribution >= 4 is 16.7 Å². The first kappa shape index (κ1) is 10.5. The molecule has 0 aliphatic heterocycles. The van der Waals surface area contributed by atoms with Gasteiger partial charge in [0, 0.05) is 23.9 Å². The smallest absolute Gasteiger partial charge is 0.136 e. The van der Waals surface area contributed by atoms with Crippen LogP contribution in [0.3, 0.4) is 0 Å². The number of Topliss-reactive ketones (excluding diaryl/α,β-unsaturated/α-hetero) is 1. The van der Waals surface area contributed by atoms with Gasteiger partial charge in [-0.2, -0.15) is 0 Å². The molecule has 1 aromatic carbocycles. The average molecular weight is 225 g/mol. The maximum atomic E-state index is 11.7. The zero-order valence-corrected chi connectivity index (χ0v) is 9.73. The Bertz CT molecular complexity index is 556. The maximum Gasteiger partial charge on any atom is 0.136 e. The molecule has 3 rings (SSSR count). The molecule has 0 bridgehead atoms. The van der Waals surface area contributed by atoms with E-state index in [2.05, 4.69) is 11.1 Å². The predicted molar refractivity (Wildman–Crippen MR) is 67.8 cm³/mol. The topological polar surface area (TPSA) is 30.0 Å². The lowest BCUT2D eigenvalue weighted by Crippen LogP contribution is -2.09. The fourth-order valence-corrected chi connectivity index (χ4v) is 2.70. The minimum Gasteiger partial charge on any atom is -0.299 e. The summed E-state index contributed by atoms with van der Waals surface area (Å²) in [5, 5.41) is 1.19. The molecule has 0 spiro atoms. The van der Waals surface area contributed by atoms with Crippen LogP contribution in [-0.2, 0) is 11.2 Å². The first-order chi connectivity index (χ1) is 8.34. The lowest BCUT2D eigenvalue weighted by molar-refractivity contribution is -0.120. The Morgan fingerprint density at radius 2 is 2.12 bits per heavy atom. The third kappa shape index (κ3) is 1.95. The van der Waals surface area contributed by atoms with E-state index in [0.29, 0.717) is 5.78 Å². The van der Waals surface area contributed by atoms with Gasteiger partial charge in [0.1, 0.15) is 5.78 Å². The van der Waals surface area contributed by atoms with Crippen molar-refractivity contribution in [1.29, 1.82) is 0 Å². The monoisotopic (exact) mass is 225 g/mol. The van der Waals surface area contributed by atoms with E-state index in [1.54, 1.807) is 0 Å². The Balaban J connectivity index is 1.97. The van der Waals surface area contributed by atoms with Gasteiger partial charge in [0.2, 0.25) is 0 Å². The first-order valence-corrected chi connectivity index (χ1v) is 6.20. The maximum absolute atomic E-state index is 11.7. The quantitative estimate of drug-likeness (QED) is 0.785. The summed E-state index contributed by atoms with van der Waals surface area (Å²) in [4.78, 5) is 16.0. The zero-order chi connectivity index (χ0) is 11.7. The van der Waals surface area contributed by atoms with E-state index in [-0.39, 0.29) is 5.92 Å². The predicted octanol–water partition coefficient (Wildman–Crippen LogP) is 3.15. The fraction of sp³-hybridized carbons (Fsp3) is 0.333. The first-order valence-electron chi connectivity index (χ1n) is 6.20. The second-order valence-corrected chi connectivity index (χ2v) is 4.75. The molecule has 2 nitrogen and oxygen atoms in total. The van der Waals surface area contributed by atoms with E-state index < -0.39 is 0 Å². The summed E-state index contributed by atoms with van der Waals surface area (Å²) in [5.41, 5.74) is 2.28. The van der Waals surface area contributed by atoms with Crippen LogP contribution in [-0.4, -0.2) is 10.8 Å². The van der Waals surface area contributed by atoms with Crippen molar-refractivity contribution in [3.05, 3.63) is 42.1 Å². The number of carbonyl (C=O) groups is 1. The SMILES string of the molecule is O=C1CCCC1Cc1ccnc2ccccc12. The van der Waals surface area contributed by atoms with Crippen LogP contribution < -0.4 is 0 Å². The summed E-state index contributed by atoms with van der Waals surface area (Å²) < 4.78 is 0. The summed E-state index contributed by atoms with van der Waals surface area (Å²) in [6.07, 6.45) is 5.61. The summed E-state index contributed by atoms with van der Waals surface area (Å²) in [6.45, 7) is 0. The van der Waals surface area contributed by atoms with Gasteiger partial charge < -0.3 is 0 Å². The summed E-state index contributed by atoms with van der Waals surface area (Å²) in [5.74, 6) is 0.673. The number of pyridine rings is 1. The van der Waals surface area contributed by atoms with E-state index in [9.17, 15) is 4.79 Å². The third-order valence-corrected chi connectivity index (χ3v) is 3.64. The van der Waals surface area contributed by atoms with Crippen molar-refractivity contribution < 1.29 is 4.79 Å². The highest BCUT2D eigenvalue weighted by Gasteiger charge is 2.24. The second kappa shape index (κ2) is 4.28. The Morgan fingerprint density at radius 1 is 1.24 bits per heavy atom. The highest BCUT2D eigenvalue weighted by molar-refractivity contribution is 5.85. The molecule has 2 heteroatoms. The zero-order valence-electron chi connectivity index (χ0n) is 9.73. The van der Waals surface area contributed by atoms with E-state index in [4.69, 9.17) is 0 Å². The molecule has 1 aromatic heterocycles. The van der Waals surface area contributed by atoms with Crippen molar-refractivity contribution in [2.45, 2.75) is 25.7 Å². The van der Waals surface area contributed by atoms with Crippen LogP contribution >= 0.6 is 0 Å². The summed E-state index contributed by atoms with van der Waals surface area (Å²) in [6, 6.07) is 10.2. The number of ketones is 1. The van der Waals surface area contributed by atoms with E-state index >= 15 is 0 Å². The van der Waals surface area contributed by atoms with Crippen LogP contribution in [0.25, 0.3) is 10.9 Å². The molecule has 1 heterocycles. The molecule has 17 heavy (non-hydrogen) atoms. The van der Waals surface area contributed by atoms with Crippen molar-refractivity contribution in [2.75, 3.05) is 0 Å². The highest BCUT2D eigenvalue weighted by atomic mass is 16.1.